The van der Waals surface area contributed by atoms with Gasteiger partial charge in [0.15, 0.2) is 6.04 Å². The van der Waals surface area contributed by atoms with Crippen molar-refractivity contribution in [1.29, 1.82) is 0 Å². The average molecular weight is 465 g/mol. The predicted molar refractivity (Wildman–Crippen MR) is 123 cm³/mol. The van der Waals surface area contributed by atoms with E-state index >= 15 is 0 Å². The van der Waals surface area contributed by atoms with Crippen LogP contribution in [0.25, 0.3) is 0 Å². The Labute approximate surface area is 194 Å². The number of aliphatic carboxylic acids is 1. The number of benzene rings is 1. The van der Waals surface area contributed by atoms with Gasteiger partial charge in [-0.15, -0.1) is 0 Å². The van der Waals surface area contributed by atoms with Gasteiger partial charge in [0, 0.05) is 6.42 Å². The Balaban J connectivity index is 3.08. The minimum atomic E-state index is -1.53. The molecule has 10 heteroatoms. The Morgan fingerprint density at radius 3 is 1.82 bits per heavy atom. The maximum Gasteiger partial charge on any atom is 0.328 e. The Kier molecular flexibility index (Phi) is 11.0. The monoisotopic (exact) mass is 464 g/mol. The van der Waals surface area contributed by atoms with Gasteiger partial charge in [-0.05, 0) is 24.3 Å². The van der Waals surface area contributed by atoms with E-state index in [4.69, 9.17) is 5.73 Å². The van der Waals surface area contributed by atoms with Crippen LogP contribution in [0.3, 0.4) is 0 Å². The van der Waals surface area contributed by atoms with Crippen LogP contribution in [-0.2, 0) is 25.6 Å². The lowest BCUT2D eigenvalue weighted by molar-refractivity contribution is -0.145. The Morgan fingerprint density at radius 1 is 0.818 bits per heavy atom. The molecule has 5 atom stereocenters. The molecule has 0 spiro atoms. The van der Waals surface area contributed by atoms with Crippen LogP contribution in [0.15, 0.2) is 30.3 Å². The molecular weight excluding hydrogens is 428 g/mol. The summed E-state index contributed by atoms with van der Waals surface area (Å²) in [4.78, 5) is 49.7. The van der Waals surface area contributed by atoms with E-state index < -0.39 is 59.9 Å². The maximum absolute atomic E-state index is 13.1. The van der Waals surface area contributed by atoms with Crippen LogP contribution < -0.4 is 21.7 Å². The zero-order chi connectivity index (χ0) is 25.3. The van der Waals surface area contributed by atoms with Crippen molar-refractivity contribution in [3.63, 3.8) is 0 Å². The predicted octanol–water partition coefficient (Wildman–Crippen LogP) is -0.212. The van der Waals surface area contributed by atoms with E-state index in [0.717, 1.165) is 5.56 Å². The van der Waals surface area contributed by atoms with Crippen LogP contribution in [0.2, 0.25) is 0 Å². The summed E-state index contributed by atoms with van der Waals surface area (Å²) in [6.45, 7) is 8.18. The fourth-order valence-corrected chi connectivity index (χ4v) is 3.05. The van der Waals surface area contributed by atoms with Gasteiger partial charge >= 0.3 is 5.97 Å². The van der Waals surface area contributed by atoms with E-state index in [9.17, 15) is 29.4 Å². The highest BCUT2D eigenvalue weighted by Gasteiger charge is 2.33. The summed E-state index contributed by atoms with van der Waals surface area (Å²) in [6.07, 6.45) is -1.17. The first-order chi connectivity index (χ1) is 15.3. The number of aliphatic hydroxyl groups excluding tert-OH is 1. The summed E-state index contributed by atoms with van der Waals surface area (Å²) in [5, 5.41) is 26.4. The second-order valence-corrected chi connectivity index (χ2v) is 8.82. The highest BCUT2D eigenvalue weighted by Crippen LogP contribution is 2.09. The number of hydrogen-bond donors (Lipinski definition) is 6. The van der Waals surface area contributed by atoms with Gasteiger partial charge in [-0.3, -0.25) is 14.4 Å². The van der Waals surface area contributed by atoms with Crippen molar-refractivity contribution in [2.24, 2.45) is 17.6 Å². The lowest BCUT2D eigenvalue weighted by Gasteiger charge is -2.28. The van der Waals surface area contributed by atoms with Gasteiger partial charge < -0.3 is 31.9 Å². The summed E-state index contributed by atoms with van der Waals surface area (Å²) in [6, 6.07) is 4.60. The van der Waals surface area contributed by atoms with Crippen LogP contribution in [-0.4, -0.2) is 64.2 Å². The lowest BCUT2D eigenvalue weighted by Crippen LogP contribution is -2.60. The zero-order valence-electron chi connectivity index (χ0n) is 19.7. The van der Waals surface area contributed by atoms with Crippen molar-refractivity contribution >= 4 is 23.7 Å². The van der Waals surface area contributed by atoms with Crippen molar-refractivity contribution in [2.75, 3.05) is 0 Å². The van der Waals surface area contributed by atoms with Crippen molar-refractivity contribution < 1.29 is 29.4 Å². The van der Waals surface area contributed by atoms with Crippen LogP contribution in [0.4, 0.5) is 0 Å². The van der Waals surface area contributed by atoms with Gasteiger partial charge in [0.1, 0.15) is 12.1 Å². The van der Waals surface area contributed by atoms with E-state index in [-0.39, 0.29) is 12.3 Å². The molecule has 5 unspecified atom stereocenters. The molecule has 1 rings (SSSR count). The van der Waals surface area contributed by atoms with Gasteiger partial charge in [-0.2, -0.15) is 0 Å². The minimum absolute atomic E-state index is 0.145. The van der Waals surface area contributed by atoms with Crippen molar-refractivity contribution in [3.05, 3.63) is 35.9 Å². The molecule has 0 fully saturated rings. The molecule has 33 heavy (non-hydrogen) atoms. The number of nitrogens with two attached hydrogens (primary N) is 1. The molecule has 0 aliphatic carbocycles. The fraction of sp³-hybridized carbons (Fsp3) is 0.565. The third-order valence-electron chi connectivity index (χ3n) is 5.23. The number of hydrogen-bond acceptors (Lipinski definition) is 6. The van der Waals surface area contributed by atoms with Gasteiger partial charge in [0.25, 0.3) is 0 Å². The topological polar surface area (TPSA) is 171 Å². The molecule has 0 aliphatic rings. The average Bonchev–Trinajstić information content (AvgIpc) is 2.74. The van der Waals surface area contributed by atoms with Crippen LogP contribution in [0.5, 0.6) is 0 Å². The van der Waals surface area contributed by atoms with Gasteiger partial charge in [-0.25, -0.2) is 4.79 Å². The summed E-state index contributed by atoms with van der Waals surface area (Å²) >= 11 is 0. The van der Waals surface area contributed by atoms with Gasteiger partial charge in [0.05, 0.1) is 12.1 Å². The smallest absolute Gasteiger partial charge is 0.328 e. The van der Waals surface area contributed by atoms with E-state index in [2.05, 4.69) is 16.0 Å². The number of carboxylic acid groups (broad SMARTS) is 1. The molecule has 0 heterocycles. The number of nitrogens with one attached hydrogen (secondary N) is 3. The van der Waals surface area contributed by atoms with Gasteiger partial charge in [-0.1, -0.05) is 58.0 Å². The van der Waals surface area contributed by atoms with E-state index in [1.807, 2.05) is 18.2 Å². The van der Waals surface area contributed by atoms with Crippen LogP contribution in [0, 0.1) is 11.8 Å². The Bertz CT molecular complexity index is 812. The first kappa shape index (κ1) is 28.1. The van der Waals surface area contributed by atoms with Gasteiger partial charge in [0.2, 0.25) is 17.7 Å². The lowest BCUT2D eigenvalue weighted by atomic mass is 9.99. The first-order valence-electron chi connectivity index (χ1n) is 11.0. The normalized spacial score (nSPS) is 15.8. The number of carbonyl (C=O) groups excluding carboxylic acids is 3. The molecule has 7 N–H and O–H groups in total. The number of carboxylic acids is 1. The van der Waals surface area contributed by atoms with Crippen molar-refractivity contribution in [1.82, 2.24) is 16.0 Å². The molecule has 1 aromatic carbocycles. The highest BCUT2D eigenvalue weighted by molar-refractivity contribution is 5.94. The zero-order valence-corrected chi connectivity index (χ0v) is 19.7. The highest BCUT2D eigenvalue weighted by atomic mass is 16.4. The largest absolute Gasteiger partial charge is 0.480 e. The van der Waals surface area contributed by atoms with Crippen LogP contribution >= 0.6 is 0 Å². The standard InChI is InChI=1S/C23H36N4O6/c1-12(2)17(24)21(30)25-16(11-15-9-7-6-8-10-15)20(29)26-18(13(3)4)22(31)27-19(14(5)28)23(32)33/h6-10,12-14,16-19,28H,11,24H2,1-5H3,(H,25,30)(H,26,29)(H,27,31)(H,32,33). The number of aliphatic hydroxyl groups is 1. The fourth-order valence-electron chi connectivity index (χ4n) is 3.05. The molecule has 184 valence electrons. The summed E-state index contributed by atoms with van der Waals surface area (Å²) in [5.41, 5.74) is 6.72. The molecule has 0 aromatic heterocycles. The third kappa shape index (κ3) is 8.82. The van der Waals surface area contributed by atoms with E-state index in [0.29, 0.717) is 0 Å². The third-order valence-corrected chi connectivity index (χ3v) is 5.23. The molecule has 0 radical (unpaired) electrons. The molecule has 0 aliphatic heterocycles. The van der Waals surface area contributed by atoms with Crippen molar-refractivity contribution in [3.8, 4) is 0 Å². The van der Waals surface area contributed by atoms with E-state index in [1.165, 1.54) is 6.92 Å². The maximum atomic E-state index is 13.1. The number of carbonyl (C=O) groups is 4. The number of rotatable bonds is 12. The quantitative estimate of drug-likeness (QED) is 0.248. The molecule has 0 saturated heterocycles. The Hall–Kier alpha value is -2.98. The first-order valence-corrected chi connectivity index (χ1v) is 11.0. The Morgan fingerprint density at radius 2 is 1.36 bits per heavy atom. The molecule has 1 aromatic rings. The van der Waals surface area contributed by atoms with Crippen LogP contribution in [0.1, 0.15) is 40.2 Å². The molecule has 0 bridgehead atoms. The molecule has 3 amide bonds. The molecular formula is C23H36N4O6. The summed E-state index contributed by atoms with van der Waals surface area (Å²) in [7, 11) is 0. The molecule has 10 nitrogen and oxygen atoms in total. The second kappa shape index (κ2) is 12.9. The summed E-state index contributed by atoms with van der Waals surface area (Å²) < 4.78 is 0. The second-order valence-electron chi connectivity index (χ2n) is 8.82. The minimum Gasteiger partial charge on any atom is -0.480 e. The number of amides is 3. The summed E-state index contributed by atoms with van der Waals surface area (Å²) in [5.74, 6) is -3.80. The molecule has 0 saturated carbocycles. The van der Waals surface area contributed by atoms with Crippen molar-refractivity contribution in [2.45, 2.75) is 71.3 Å². The SMILES string of the molecule is CC(C)C(N)C(=O)NC(Cc1ccccc1)C(=O)NC(C(=O)NC(C(=O)O)C(C)O)C(C)C. The van der Waals surface area contributed by atoms with E-state index in [1.54, 1.807) is 39.8 Å².